The van der Waals surface area contributed by atoms with Crippen molar-refractivity contribution >= 4 is 17.3 Å². The highest BCUT2D eigenvalue weighted by atomic mass is 32.2. The first-order chi connectivity index (χ1) is 10.5. The van der Waals surface area contributed by atoms with Crippen LogP contribution in [0.25, 0.3) is 0 Å². The molecule has 2 atom stereocenters. The van der Waals surface area contributed by atoms with E-state index >= 15 is 0 Å². The van der Waals surface area contributed by atoms with Crippen LogP contribution in [0.15, 0.2) is 0 Å². The van der Waals surface area contributed by atoms with Crippen LogP contribution in [0.5, 0.6) is 0 Å². The molecule has 134 valence electrons. The van der Waals surface area contributed by atoms with Crippen LogP contribution in [-0.4, -0.2) is 72.0 Å². The first-order valence-electron chi connectivity index (χ1n) is 8.14. The van der Waals surface area contributed by atoms with Gasteiger partial charge in [0, 0.05) is 37.8 Å². The predicted octanol–water partition coefficient (Wildman–Crippen LogP) is -1.44. The maximum atomic E-state index is 12.9. The van der Waals surface area contributed by atoms with Gasteiger partial charge in [-0.05, 0) is 38.4 Å². The lowest BCUT2D eigenvalue weighted by Crippen LogP contribution is -2.51. The van der Waals surface area contributed by atoms with E-state index in [1.54, 1.807) is 7.05 Å². The number of nitrogens with zero attached hydrogens (tertiary/aromatic N) is 2. The largest absolute Gasteiger partial charge is 0.451 e. The highest BCUT2D eigenvalue weighted by molar-refractivity contribution is 7.86. The summed E-state index contributed by atoms with van der Waals surface area (Å²) in [5.74, 6) is -0.00236. The Labute approximate surface area is 139 Å². The van der Waals surface area contributed by atoms with Crippen molar-refractivity contribution in [2.24, 2.45) is 17.4 Å². The Hall–Kier alpha value is -0.225. The molecule has 2 rings (SSSR count). The molecule has 0 bridgehead atoms. The smallest absolute Gasteiger partial charge is 0.427 e. The normalized spacial score (nSPS) is 30.8. The average molecular weight is 348 g/mol. The molecule has 23 heavy (non-hydrogen) atoms. The van der Waals surface area contributed by atoms with Gasteiger partial charge in [0.05, 0.1) is 0 Å². The van der Waals surface area contributed by atoms with Gasteiger partial charge in [-0.1, -0.05) is 6.42 Å². The van der Waals surface area contributed by atoms with E-state index in [0.29, 0.717) is 25.9 Å². The molecule has 1 aliphatic carbocycles. The van der Waals surface area contributed by atoms with Crippen LogP contribution in [0.1, 0.15) is 32.6 Å². The van der Waals surface area contributed by atoms with Gasteiger partial charge in [0.25, 0.3) is 10.2 Å². The van der Waals surface area contributed by atoms with Gasteiger partial charge in [0.1, 0.15) is 0 Å². The van der Waals surface area contributed by atoms with Crippen LogP contribution in [0.3, 0.4) is 0 Å². The number of hydrogen-bond acceptors (Lipinski definition) is 6. The first kappa shape index (κ1) is 19.1. The Bertz CT molecular complexity index is 524. The first-order valence-corrected chi connectivity index (χ1v) is 9.54. The number of hydrogen-bond donors (Lipinski definition) is 4. The van der Waals surface area contributed by atoms with Crippen LogP contribution in [0.4, 0.5) is 0 Å². The zero-order chi connectivity index (χ0) is 17.5. The molecule has 10 heteroatoms. The van der Waals surface area contributed by atoms with Crippen LogP contribution < -0.4 is 11.5 Å². The van der Waals surface area contributed by atoms with E-state index in [4.69, 9.17) is 21.5 Å². The average Bonchev–Trinajstić information content (AvgIpc) is 3.18. The second kappa shape index (κ2) is 6.59. The molecule has 1 aliphatic heterocycles. The number of nitrogens with two attached hydrogens (primary N) is 2. The minimum absolute atomic E-state index is 0.00236. The lowest BCUT2D eigenvalue weighted by Gasteiger charge is -2.30. The van der Waals surface area contributed by atoms with Gasteiger partial charge >= 0.3 is 7.12 Å². The highest BCUT2D eigenvalue weighted by Crippen LogP contribution is 2.43. The summed E-state index contributed by atoms with van der Waals surface area (Å²) in [4.78, 5) is 0. The Kier molecular flexibility index (Phi) is 5.47. The third-order valence-electron chi connectivity index (χ3n) is 5.44. The maximum Gasteiger partial charge on any atom is 0.451 e. The predicted molar refractivity (Wildman–Crippen MR) is 89.6 cm³/mol. The van der Waals surface area contributed by atoms with Crippen molar-refractivity contribution in [2.45, 2.75) is 50.0 Å². The topological polar surface area (TPSA) is 133 Å². The van der Waals surface area contributed by atoms with Gasteiger partial charge in [0.15, 0.2) is 0 Å². The molecular formula is C13H29BN4O4S. The summed E-state index contributed by atoms with van der Waals surface area (Å²) >= 11 is 0. The molecule has 2 aliphatic rings. The fourth-order valence-electron chi connectivity index (χ4n) is 3.38. The molecule has 1 heterocycles. The molecule has 8 nitrogen and oxygen atoms in total. The van der Waals surface area contributed by atoms with E-state index in [-0.39, 0.29) is 18.8 Å². The van der Waals surface area contributed by atoms with Crippen molar-refractivity contribution in [3.63, 3.8) is 0 Å². The Morgan fingerprint density at radius 2 is 2.00 bits per heavy atom. The molecule has 0 amide bonds. The summed E-state index contributed by atoms with van der Waals surface area (Å²) in [6, 6.07) is 0. The van der Waals surface area contributed by atoms with Crippen LogP contribution in [0.2, 0.25) is 6.32 Å². The number of likely N-dealkylation sites (N-methyl/N-ethyl adjacent to an activating group) is 1. The molecule has 1 saturated carbocycles. The Morgan fingerprint density at radius 3 is 2.48 bits per heavy atom. The van der Waals surface area contributed by atoms with Crippen molar-refractivity contribution in [2.75, 3.05) is 26.7 Å². The van der Waals surface area contributed by atoms with E-state index in [9.17, 15) is 8.42 Å². The molecule has 0 aromatic carbocycles. The van der Waals surface area contributed by atoms with E-state index in [0.717, 1.165) is 12.8 Å². The third-order valence-corrected chi connectivity index (χ3v) is 7.45. The van der Waals surface area contributed by atoms with E-state index in [1.807, 2.05) is 6.92 Å². The van der Waals surface area contributed by atoms with Gasteiger partial charge in [-0.25, -0.2) is 0 Å². The van der Waals surface area contributed by atoms with Crippen molar-refractivity contribution in [1.29, 1.82) is 0 Å². The van der Waals surface area contributed by atoms with Gasteiger partial charge in [-0.2, -0.15) is 17.0 Å². The van der Waals surface area contributed by atoms with E-state index in [2.05, 4.69) is 0 Å². The summed E-state index contributed by atoms with van der Waals surface area (Å²) in [6.07, 6.45) is 3.14. The maximum absolute atomic E-state index is 12.9. The zero-order valence-electron chi connectivity index (χ0n) is 14.0. The van der Waals surface area contributed by atoms with Crippen LogP contribution >= 0.6 is 0 Å². The summed E-state index contributed by atoms with van der Waals surface area (Å²) in [6.45, 7) is 2.82. The van der Waals surface area contributed by atoms with E-state index < -0.39 is 28.4 Å². The lowest BCUT2D eigenvalue weighted by molar-refractivity contribution is 0.315. The van der Waals surface area contributed by atoms with Crippen molar-refractivity contribution in [1.82, 2.24) is 8.61 Å². The Balaban J connectivity index is 2.04. The molecule has 0 aromatic rings. The monoisotopic (exact) mass is 348 g/mol. The lowest BCUT2D eigenvalue weighted by atomic mass is 9.79. The second-order valence-corrected chi connectivity index (χ2v) is 9.27. The van der Waals surface area contributed by atoms with Gasteiger partial charge in [-0.3, -0.25) is 0 Å². The molecule has 2 fully saturated rings. The fraction of sp³-hybridized carbons (Fsp3) is 1.00. The van der Waals surface area contributed by atoms with Gasteiger partial charge in [0.2, 0.25) is 0 Å². The molecule has 0 unspecified atom stereocenters. The third kappa shape index (κ3) is 3.89. The van der Waals surface area contributed by atoms with Gasteiger partial charge < -0.3 is 21.5 Å². The summed E-state index contributed by atoms with van der Waals surface area (Å²) < 4.78 is 28.6. The van der Waals surface area contributed by atoms with Crippen LogP contribution in [0, 0.1) is 5.92 Å². The SMILES string of the molecule is CN(C1(CN)CC1)S(=O)(=O)N1C[C@H](CCCB(O)O)[C@@](C)(N)C1. The number of rotatable bonds is 8. The van der Waals surface area contributed by atoms with E-state index in [1.165, 1.54) is 8.61 Å². The summed E-state index contributed by atoms with van der Waals surface area (Å²) in [5.41, 5.74) is 11.0. The quantitative estimate of drug-likeness (QED) is 0.397. The van der Waals surface area contributed by atoms with Crippen molar-refractivity contribution in [3.05, 3.63) is 0 Å². The van der Waals surface area contributed by atoms with Crippen LogP contribution in [-0.2, 0) is 10.2 Å². The summed E-state index contributed by atoms with van der Waals surface area (Å²) in [7, 11) is -3.32. The molecule has 0 spiro atoms. The molecule has 0 radical (unpaired) electrons. The highest BCUT2D eigenvalue weighted by Gasteiger charge is 2.53. The molecule has 6 N–H and O–H groups in total. The molecule has 1 saturated heterocycles. The molecular weight excluding hydrogens is 319 g/mol. The van der Waals surface area contributed by atoms with Crippen molar-refractivity contribution in [3.8, 4) is 0 Å². The Morgan fingerprint density at radius 1 is 1.39 bits per heavy atom. The minimum Gasteiger partial charge on any atom is -0.427 e. The zero-order valence-corrected chi connectivity index (χ0v) is 14.8. The minimum atomic E-state index is -3.58. The fourth-order valence-corrected chi connectivity index (χ4v) is 5.28. The standard InChI is InChI=1S/C13H29BN4O4S/c1-12(16)10-18(8-11(12)4-3-7-14(19)20)23(21,22)17(2)13(9-15)5-6-13/h11,19-20H,3-10,15-16H2,1-2H3/t11-,12-/m0/s1. The van der Waals surface area contributed by atoms with Gasteiger partial charge in [-0.15, -0.1) is 0 Å². The molecule has 0 aromatic heterocycles. The summed E-state index contributed by atoms with van der Waals surface area (Å²) in [5, 5.41) is 17.9. The van der Waals surface area contributed by atoms with Crippen molar-refractivity contribution < 1.29 is 18.5 Å². The second-order valence-electron chi connectivity index (χ2n) is 7.31.